The molecule has 1 unspecified atom stereocenters. The molecule has 6 nitrogen and oxygen atoms in total. The third kappa shape index (κ3) is 2.46. The molecule has 0 aromatic heterocycles. The highest BCUT2D eigenvalue weighted by molar-refractivity contribution is 9.10. The summed E-state index contributed by atoms with van der Waals surface area (Å²) in [6, 6.07) is 5.02. The molecular formula is C12H11BrN2O4. The molecular weight excluding hydrogens is 316 g/mol. The van der Waals surface area contributed by atoms with Gasteiger partial charge in [-0.25, -0.2) is 14.5 Å². The first-order valence-corrected chi connectivity index (χ1v) is 6.31. The molecule has 100 valence electrons. The highest BCUT2D eigenvalue weighted by atomic mass is 79.9. The Labute approximate surface area is 117 Å². The van der Waals surface area contributed by atoms with Crippen LogP contribution in [0.1, 0.15) is 5.56 Å². The maximum Gasteiger partial charge on any atom is 0.327 e. The van der Waals surface area contributed by atoms with Crippen molar-refractivity contribution < 1.29 is 19.5 Å². The molecule has 0 aliphatic carbocycles. The summed E-state index contributed by atoms with van der Waals surface area (Å²) in [6.07, 6.45) is 0.263. The molecule has 1 aromatic carbocycles. The van der Waals surface area contributed by atoms with Gasteiger partial charge in [0, 0.05) is 4.47 Å². The Morgan fingerprint density at radius 1 is 1.42 bits per heavy atom. The molecule has 1 aliphatic heterocycles. The van der Waals surface area contributed by atoms with Crippen molar-refractivity contribution in [3.05, 3.63) is 34.3 Å². The second kappa shape index (κ2) is 5.00. The van der Waals surface area contributed by atoms with E-state index >= 15 is 0 Å². The van der Waals surface area contributed by atoms with Gasteiger partial charge in [-0.2, -0.15) is 0 Å². The molecule has 3 amide bonds. The Morgan fingerprint density at radius 2 is 2.11 bits per heavy atom. The number of hydrogen-bond donors (Lipinski definition) is 2. The number of nitrogens with zero attached hydrogens (tertiary/aromatic N) is 1. The van der Waals surface area contributed by atoms with Gasteiger partial charge in [-0.15, -0.1) is 0 Å². The van der Waals surface area contributed by atoms with Crippen molar-refractivity contribution in [2.45, 2.75) is 12.5 Å². The van der Waals surface area contributed by atoms with E-state index in [-0.39, 0.29) is 6.42 Å². The number of primary amides is 1. The first-order valence-electron chi connectivity index (χ1n) is 5.51. The predicted molar refractivity (Wildman–Crippen MR) is 69.2 cm³/mol. The number of imide groups is 1. The molecule has 1 saturated heterocycles. The Hall–Kier alpha value is -1.89. The molecule has 0 saturated carbocycles. The van der Waals surface area contributed by atoms with Crippen molar-refractivity contribution in [1.82, 2.24) is 4.90 Å². The van der Waals surface area contributed by atoms with Crippen molar-refractivity contribution in [3.63, 3.8) is 0 Å². The fraction of sp³-hybridized carbons (Fsp3) is 0.250. The van der Waals surface area contributed by atoms with Crippen LogP contribution in [0.2, 0.25) is 0 Å². The van der Waals surface area contributed by atoms with Gasteiger partial charge in [-0.3, -0.25) is 4.79 Å². The second-order valence-electron chi connectivity index (χ2n) is 4.27. The normalized spacial score (nSPS) is 21.9. The van der Waals surface area contributed by atoms with Crippen LogP contribution in [0.25, 0.3) is 0 Å². The zero-order chi connectivity index (χ0) is 14.2. The van der Waals surface area contributed by atoms with Crippen molar-refractivity contribution in [1.29, 1.82) is 0 Å². The lowest BCUT2D eigenvalue weighted by atomic mass is 9.82. The topological polar surface area (TPSA) is 101 Å². The number of aliphatic carboxylic acids is 1. The predicted octanol–water partition coefficient (Wildman–Crippen LogP) is 0.982. The highest BCUT2D eigenvalue weighted by Crippen LogP contribution is 2.30. The highest BCUT2D eigenvalue weighted by Gasteiger charge is 2.54. The molecule has 0 radical (unpaired) electrons. The minimum absolute atomic E-state index is 0.263. The van der Waals surface area contributed by atoms with Gasteiger partial charge in [0.15, 0.2) is 6.04 Å². The van der Waals surface area contributed by atoms with Crippen LogP contribution in [0.5, 0.6) is 0 Å². The van der Waals surface area contributed by atoms with Crippen LogP contribution in [0, 0.1) is 5.92 Å². The van der Waals surface area contributed by atoms with Crippen LogP contribution in [0.3, 0.4) is 0 Å². The Morgan fingerprint density at radius 3 is 2.63 bits per heavy atom. The third-order valence-corrected chi connectivity index (χ3v) is 3.54. The summed E-state index contributed by atoms with van der Waals surface area (Å²) >= 11 is 3.30. The fourth-order valence-corrected chi connectivity index (χ4v) is 2.64. The van der Waals surface area contributed by atoms with E-state index in [1.807, 2.05) is 6.07 Å². The number of urea groups is 1. The lowest BCUT2D eigenvalue weighted by Crippen LogP contribution is -2.68. The van der Waals surface area contributed by atoms with E-state index in [4.69, 9.17) is 10.8 Å². The number of carbonyl (C=O) groups excluding carboxylic acids is 2. The molecule has 7 heteroatoms. The molecule has 0 spiro atoms. The number of β-lactam (4-membered cyclic amide) rings is 1. The molecule has 2 rings (SSSR count). The second-order valence-corrected chi connectivity index (χ2v) is 5.19. The van der Waals surface area contributed by atoms with Crippen LogP contribution in [0.15, 0.2) is 28.7 Å². The van der Waals surface area contributed by atoms with Crippen LogP contribution >= 0.6 is 15.9 Å². The molecule has 1 heterocycles. The number of likely N-dealkylation sites (tertiary alicyclic amines) is 1. The minimum atomic E-state index is -1.22. The Bertz CT molecular complexity index is 560. The number of hydrogen-bond acceptors (Lipinski definition) is 3. The van der Waals surface area contributed by atoms with E-state index < -0.39 is 29.9 Å². The smallest absolute Gasteiger partial charge is 0.327 e. The summed E-state index contributed by atoms with van der Waals surface area (Å²) in [7, 11) is 0. The summed E-state index contributed by atoms with van der Waals surface area (Å²) in [5.74, 6) is -2.52. The van der Waals surface area contributed by atoms with Gasteiger partial charge in [0.2, 0.25) is 5.91 Å². The molecule has 3 N–H and O–H groups in total. The quantitative estimate of drug-likeness (QED) is 0.808. The molecule has 1 aliphatic rings. The number of carboxylic acid groups (broad SMARTS) is 1. The van der Waals surface area contributed by atoms with Gasteiger partial charge in [0.1, 0.15) is 0 Å². The van der Waals surface area contributed by atoms with E-state index in [2.05, 4.69) is 15.9 Å². The number of amides is 3. The van der Waals surface area contributed by atoms with Crippen LogP contribution < -0.4 is 5.73 Å². The number of rotatable bonds is 3. The van der Waals surface area contributed by atoms with Crippen LogP contribution in [-0.4, -0.2) is 34.0 Å². The first kappa shape index (κ1) is 13.5. The van der Waals surface area contributed by atoms with E-state index in [9.17, 15) is 14.4 Å². The lowest BCUT2D eigenvalue weighted by Gasteiger charge is -2.41. The van der Waals surface area contributed by atoms with E-state index in [0.29, 0.717) is 4.90 Å². The van der Waals surface area contributed by atoms with Gasteiger partial charge < -0.3 is 10.8 Å². The van der Waals surface area contributed by atoms with Crippen molar-refractivity contribution in [2.75, 3.05) is 0 Å². The number of halogens is 1. The Balaban J connectivity index is 2.19. The minimum Gasteiger partial charge on any atom is -0.480 e. The first-order chi connectivity index (χ1) is 8.91. The maximum absolute atomic E-state index is 11.8. The monoisotopic (exact) mass is 326 g/mol. The SMILES string of the molecule is NC(=O)N1C(=O)[C@H](Cc2cccc(Br)c2)C1C(=O)O. The third-order valence-electron chi connectivity index (χ3n) is 3.05. The lowest BCUT2D eigenvalue weighted by molar-refractivity contribution is -0.165. The summed E-state index contributed by atoms with van der Waals surface area (Å²) in [5.41, 5.74) is 5.81. The number of nitrogens with two attached hydrogens (primary N) is 1. The fourth-order valence-electron chi connectivity index (χ4n) is 2.19. The average Bonchev–Trinajstić information content (AvgIpc) is 2.31. The molecule has 1 fully saturated rings. The summed E-state index contributed by atoms with van der Waals surface area (Å²) in [6.45, 7) is 0. The van der Waals surface area contributed by atoms with Crippen molar-refractivity contribution in [2.24, 2.45) is 11.7 Å². The maximum atomic E-state index is 11.8. The van der Waals surface area contributed by atoms with Gasteiger partial charge in [-0.05, 0) is 24.1 Å². The van der Waals surface area contributed by atoms with E-state index in [1.165, 1.54) is 0 Å². The van der Waals surface area contributed by atoms with Crippen LogP contribution in [0.4, 0.5) is 4.79 Å². The van der Waals surface area contributed by atoms with Gasteiger partial charge in [0.05, 0.1) is 5.92 Å². The number of carbonyl (C=O) groups is 3. The van der Waals surface area contributed by atoms with E-state index in [0.717, 1.165) is 10.0 Å². The van der Waals surface area contributed by atoms with Gasteiger partial charge >= 0.3 is 12.0 Å². The largest absolute Gasteiger partial charge is 0.480 e. The van der Waals surface area contributed by atoms with Gasteiger partial charge in [0.25, 0.3) is 0 Å². The van der Waals surface area contributed by atoms with E-state index in [1.54, 1.807) is 18.2 Å². The number of carboxylic acids is 1. The summed E-state index contributed by atoms with van der Waals surface area (Å²) in [5, 5.41) is 9.06. The molecule has 19 heavy (non-hydrogen) atoms. The standard InChI is InChI=1S/C12H11BrN2O4/c13-7-3-1-2-6(4-7)5-8-9(11(17)18)15(10(8)16)12(14)19/h1-4,8-9H,5H2,(H2,14,19)(H,17,18)/t8-,9?/m1/s1. The van der Waals surface area contributed by atoms with Crippen molar-refractivity contribution >= 4 is 33.8 Å². The molecule has 1 aromatic rings. The summed E-state index contributed by atoms with van der Waals surface area (Å²) < 4.78 is 0.843. The van der Waals surface area contributed by atoms with Crippen LogP contribution in [-0.2, 0) is 16.0 Å². The zero-order valence-corrected chi connectivity index (χ0v) is 11.3. The molecule has 0 bridgehead atoms. The zero-order valence-electron chi connectivity index (χ0n) is 9.75. The summed E-state index contributed by atoms with van der Waals surface area (Å²) in [4.78, 5) is 34.5. The molecule has 2 atom stereocenters. The number of benzene rings is 1. The average molecular weight is 327 g/mol. The Kier molecular flexibility index (Phi) is 3.57. The van der Waals surface area contributed by atoms with Crippen molar-refractivity contribution in [3.8, 4) is 0 Å². The van der Waals surface area contributed by atoms with Gasteiger partial charge in [-0.1, -0.05) is 28.1 Å².